The van der Waals surface area contributed by atoms with Crippen molar-refractivity contribution in [1.82, 2.24) is 31.9 Å². The zero-order valence-electron chi connectivity index (χ0n) is 32.0. The van der Waals surface area contributed by atoms with Crippen molar-refractivity contribution in [2.45, 2.75) is 101 Å². The fraction of sp³-hybridized carbons (Fsp3) is 0.571. The number of aliphatic imine (C=N–C) groups is 1. The number of esters is 1. The van der Waals surface area contributed by atoms with E-state index in [1.54, 1.807) is 0 Å². The number of guanidine groups is 1. The van der Waals surface area contributed by atoms with E-state index < -0.39 is 103 Å². The summed E-state index contributed by atoms with van der Waals surface area (Å²) in [5, 5.41) is 43.1. The highest BCUT2D eigenvalue weighted by Crippen LogP contribution is 2.22. The second-order valence-corrected chi connectivity index (χ2v) is 13.7. The van der Waals surface area contributed by atoms with Gasteiger partial charge in [-0.1, -0.05) is 18.6 Å². The SMILES string of the molecule is C[C@H](NC(=O)[C@H](CC(=O)O[C@H]1CCCC[C@H]1NC(=O)CS)NC(=O)CN)C(=O)N[C@@H](CCCN=C(N)N)C(=O)N[C@@H](Cc1ccc(O)cc1)C(=O)N[C@@H](CO)C(=O)O. The van der Waals surface area contributed by atoms with Gasteiger partial charge >= 0.3 is 11.9 Å². The average Bonchev–Trinajstić information content (AvgIpc) is 3.18. The Morgan fingerprint density at radius 3 is 2.05 bits per heavy atom. The predicted octanol–water partition coefficient (Wildman–Crippen LogP) is -4.24. The van der Waals surface area contributed by atoms with Crippen LogP contribution in [0.5, 0.6) is 5.75 Å². The van der Waals surface area contributed by atoms with Crippen LogP contribution in [-0.2, 0) is 49.5 Å². The van der Waals surface area contributed by atoms with Crippen LogP contribution in [0.4, 0.5) is 0 Å². The normalized spacial score (nSPS) is 17.4. The molecule has 22 nitrogen and oxygen atoms in total. The largest absolute Gasteiger partial charge is 0.508 e. The summed E-state index contributed by atoms with van der Waals surface area (Å²) in [6, 6.07) is -2.37. The van der Waals surface area contributed by atoms with E-state index in [2.05, 4.69) is 49.5 Å². The summed E-state index contributed by atoms with van der Waals surface area (Å²) in [4.78, 5) is 106. The first-order valence-corrected chi connectivity index (χ1v) is 19.1. The molecule has 0 aliphatic heterocycles. The Morgan fingerprint density at radius 2 is 1.45 bits per heavy atom. The van der Waals surface area contributed by atoms with Gasteiger partial charge in [0.05, 0.1) is 31.4 Å². The van der Waals surface area contributed by atoms with E-state index in [1.165, 1.54) is 31.2 Å². The number of hydrogen-bond donors (Lipinski definition) is 13. The molecule has 1 aromatic carbocycles. The third kappa shape index (κ3) is 17.2. The minimum absolute atomic E-state index is 0.0320. The van der Waals surface area contributed by atoms with Crippen LogP contribution in [0.25, 0.3) is 0 Å². The van der Waals surface area contributed by atoms with Crippen molar-refractivity contribution in [3.8, 4) is 5.75 Å². The van der Waals surface area contributed by atoms with Crippen LogP contribution in [0.1, 0.15) is 57.4 Å². The lowest BCUT2D eigenvalue weighted by atomic mass is 9.92. The topological polar surface area (TPSA) is 369 Å². The molecule has 23 heteroatoms. The second-order valence-electron chi connectivity index (χ2n) is 13.4. The number of nitrogens with zero attached hydrogens (tertiary/aromatic N) is 1. The summed E-state index contributed by atoms with van der Waals surface area (Å²) in [5.74, 6) is -7.71. The van der Waals surface area contributed by atoms with Crippen LogP contribution in [0, 0.1) is 0 Å². The lowest BCUT2D eigenvalue weighted by Crippen LogP contribution is -2.59. The maximum absolute atomic E-state index is 13.7. The fourth-order valence-corrected chi connectivity index (χ4v) is 5.85. The van der Waals surface area contributed by atoms with Crippen LogP contribution in [-0.4, -0.2) is 136 Å². The van der Waals surface area contributed by atoms with Gasteiger partial charge in [0.15, 0.2) is 5.96 Å². The van der Waals surface area contributed by atoms with E-state index in [0.29, 0.717) is 18.4 Å². The number of aliphatic hydroxyl groups is 1. The van der Waals surface area contributed by atoms with Crippen molar-refractivity contribution in [1.29, 1.82) is 0 Å². The molecule has 1 aliphatic rings. The third-order valence-electron chi connectivity index (χ3n) is 8.82. The van der Waals surface area contributed by atoms with Crippen molar-refractivity contribution >= 4 is 66.0 Å². The molecular formula is C35H54N10O12S. The molecule has 1 fully saturated rings. The lowest BCUT2D eigenvalue weighted by Gasteiger charge is -2.32. The van der Waals surface area contributed by atoms with E-state index >= 15 is 0 Å². The second kappa shape index (κ2) is 24.8. The van der Waals surface area contributed by atoms with Gasteiger partial charge in [-0.3, -0.25) is 38.6 Å². The number of aliphatic hydroxyl groups excluding tert-OH is 1. The monoisotopic (exact) mass is 838 g/mol. The molecule has 0 unspecified atom stereocenters. The highest BCUT2D eigenvalue weighted by Gasteiger charge is 2.34. The van der Waals surface area contributed by atoms with E-state index in [9.17, 15) is 53.7 Å². The van der Waals surface area contributed by atoms with Gasteiger partial charge < -0.3 is 69.2 Å². The quantitative estimate of drug-likeness (QED) is 0.0163. The predicted molar refractivity (Wildman–Crippen MR) is 210 cm³/mol. The summed E-state index contributed by atoms with van der Waals surface area (Å²) >= 11 is 3.96. The van der Waals surface area contributed by atoms with Crippen LogP contribution in [0.3, 0.4) is 0 Å². The molecule has 0 spiro atoms. The Bertz CT molecular complexity index is 1630. The molecule has 1 saturated carbocycles. The minimum atomic E-state index is -1.71. The molecule has 0 heterocycles. The number of nitrogens with two attached hydrogens (primary N) is 3. The molecule has 0 aromatic heterocycles. The third-order valence-corrected chi connectivity index (χ3v) is 9.11. The van der Waals surface area contributed by atoms with Crippen molar-refractivity contribution in [2.24, 2.45) is 22.2 Å². The number of aliphatic carboxylic acids is 1. The Balaban J connectivity index is 2.25. The van der Waals surface area contributed by atoms with Gasteiger partial charge in [0.1, 0.15) is 42.1 Å². The molecule has 58 heavy (non-hydrogen) atoms. The van der Waals surface area contributed by atoms with E-state index in [-0.39, 0.29) is 49.2 Å². The number of aromatic hydroxyl groups is 1. The van der Waals surface area contributed by atoms with Crippen LogP contribution in [0.2, 0.25) is 0 Å². The van der Waals surface area contributed by atoms with Gasteiger partial charge in [0, 0.05) is 13.0 Å². The van der Waals surface area contributed by atoms with Crippen molar-refractivity contribution in [2.75, 3.05) is 25.4 Å². The summed E-state index contributed by atoms with van der Waals surface area (Å²) in [6.45, 7) is -0.192. The van der Waals surface area contributed by atoms with E-state index in [1.807, 2.05) is 0 Å². The molecule has 1 aliphatic carbocycles. The standard InChI is InChI=1S/C35H54N10O12S/c1-18(40-32(53)24(42-27(48)15-36)14-29(50)57-26-7-3-2-5-21(26)41-28(49)17-58)30(51)43-22(6-4-12-39-35(37)38)31(52)44-23(13-19-8-10-20(47)11-9-19)33(54)45-25(16-46)34(55)56/h8-11,18,21-26,46-47,58H,2-7,12-17,36H2,1H3,(H,40,53)(H,41,49)(H,42,48)(H,43,51)(H,44,52)(H,45,54)(H,55,56)(H4,37,38,39)/t18-,21+,22-,23-,24-,25-,26-/m0/s1. The Kier molecular flexibility index (Phi) is 20.8. The number of carbonyl (C=O) groups excluding carboxylic acids is 7. The smallest absolute Gasteiger partial charge is 0.328 e. The maximum Gasteiger partial charge on any atom is 0.328 e. The lowest BCUT2D eigenvalue weighted by molar-refractivity contribution is -0.154. The van der Waals surface area contributed by atoms with Gasteiger partial charge in [-0.2, -0.15) is 12.6 Å². The summed E-state index contributed by atoms with van der Waals surface area (Å²) in [5.41, 5.74) is 16.7. The van der Waals surface area contributed by atoms with Crippen molar-refractivity contribution < 1.29 is 58.4 Å². The minimum Gasteiger partial charge on any atom is -0.508 e. The molecule has 2 rings (SSSR count). The number of amides is 6. The number of rotatable bonds is 23. The molecular weight excluding hydrogens is 785 g/mol. The van der Waals surface area contributed by atoms with Crippen LogP contribution < -0.4 is 49.1 Å². The van der Waals surface area contributed by atoms with Crippen molar-refractivity contribution in [3.63, 3.8) is 0 Å². The van der Waals surface area contributed by atoms with Crippen LogP contribution in [0.15, 0.2) is 29.3 Å². The number of phenols is 1. The maximum atomic E-state index is 13.7. The number of thiol groups is 1. The van der Waals surface area contributed by atoms with Gasteiger partial charge in [-0.15, -0.1) is 0 Å². The first-order valence-electron chi connectivity index (χ1n) is 18.4. The number of carbonyl (C=O) groups is 8. The Hall–Kier alpha value is -5.68. The summed E-state index contributed by atoms with van der Waals surface area (Å²) in [7, 11) is 0. The fourth-order valence-electron chi connectivity index (χ4n) is 5.76. The van der Waals surface area contributed by atoms with Gasteiger partial charge in [0.2, 0.25) is 35.4 Å². The molecule has 7 atom stereocenters. The number of benzene rings is 1. The van der Waals surface area contributed by atoms with Gasteiger partial charge in [0.25, 0.3) is 0 Å². The zero-order chi connectivity index (χ0) is 43.4. The Morgan fingerprint density at radius 1 is 0.845 bits per heavy atom. The molecule has 0 radical (unpaired) electrons. The number of hydrogen-bond acceptors (Lipinski definition) is 14. The zero-order valence-corrected chi connectivity index (χ0v) is 32.9. The Labute approximate surface area is 339 Å². The molecule has 15 N–H and O–H groups in total. The molecule has 0 bridgehead atoms. The van der Waals surface area contributed by atoms with Gasteiger partial charge in [-0.25, -0.2) is 4.79 Å². The summed E-state index contributed by atoms with van der Waals surface area (Å²) < 4.78 is 5.60. The highest BCUT2D eigenvalue weighted by atomic mass is 32.1. The average molecular weight is 839 g/mol. The number of ether oxygens (including phenoxy) is 1. The first-order chi connectivity index (χ1) is 27.5. The highest BCUT2D eigenvalue weighted by molar-refractivity contribution is 7.81. The van der Waals surface area contributed by atoms with E-state index in [4.69, 9.17) is 21.9 Å². The molecule has 1 aromatic rings. The van der Waals surface area contributed by atoms with Crippen molar-refractivity contribution in [3.05, 3.63) is 29.8 Å². The summed E-state index contributed by atoms with van der Waals surface area (Å²) in [6.07, 6.45) is 0.971. The number of nitrogens with one attached hydrogen (secondary N) is 6. The number of phenolic OH excluding ortho intramolecular Hbond substituents is 1. The first kappa shape index (κ1) is 48.5. The van der Waals surface area contributed by atoms with E-state index in [0.717, 1.165) is 12.8 Å². The molecule has 6 amide bonds. The molecule has 322 valence electrons. The molecule has 0 saturated heterocycles. The number of carboxylic acid groups (broad SMARTS) is 1. The van der Waals surface area contributed by atoms with Crippen LogP contribution >= 0.6 is 12.6 Å². The number of carboxylic acids is 1. The van der Waals surface area contributed by atoms with Gasteiger partial charge in [-0.05, 0) is 56.7 Å².